The van der Waals surface area contributed by atoms with Crippen LogP contribution < -0.4 is 5.32 Å². The Morgan fingerprint density at radius 1 is 1.03 bits per heavy atom. The van der Waals surface area contributed by atoms with E-state index in [1.165, 1.54) is 18.4 Å². The van der Waals surface area contributed by atoms with Crippen molar-refractivity contribution in [1.29, 1.82) is 0 Å². The summed E-state index contributed by atoms with van der Waals surface area (Å²) >= 11 is 0. The Morgan fingerprint density at radius 3 is 2.22 bits per heavy atom. The molecule has 3 heterocycles. The van der Waals surface area contributed by atoms with Gasteiger partial charge in [0.2, 0.25) is 5.91 Å². The van der Waals surface area contributed by atoms with Crippen LogP contribution in [0.4, 0.5) is 5.69 Å². The molecule has 0 unspecified atom stereocenters. The Morgan fingerprint density at radius 2 is 1.66 bits per heavy atom. The predicted molar refractivity (Wildman–Crippen MR) is 132 cm³/mol. The average Bonchev–Trinajstić information content (AvgIpc) is 3.18. The Kier molecular flexibility index (Phi) is 8.53. The number of hydrogen-bond acceptors (Lipinski definition) is 4. The molecular weight excluding hydrogens is 398 g/mol. The molecular formula is C26H39N5O. The second-order valence-electron chi connectivity index (χ2n) is 9.93. The topological polar surface area (TPSA) is 72.2 Å². The van der Waals surface area contributed by atoms with Crippen LogP contribution in [0, 0.1) is 32.6 Å². The second-order valence-corrected chi connectivity index (χ2v) is 9.93. The van der Waals surface area contributed by atoms with E-state index in [2.05, 4.69) is 48.1 Å². The van der Waals surface area contributed by atoms with Crippen LogP contribution in [-0.2, 0) is 10.2 Å². The summed E-state index contributed by atoms with van der Waals surface area (Å²) in [7, 11) is 0. The lowest BCUT2D eigenvalue weighted by molar-refractivity contribution is -0.119. The summed E-state index contributed by atoms with van der Waals surface area (Å²) in [6, 6.07) is 6.09. The van der Waals surface area contributed by atoms with E-state index >= 15 is 0 Å². The van der Waals surface area contributed by atoms with Gasteiger partial charge in [0.1, 0.15) is 5.82 Å². The molecule has 3 aromatic rings. The van der Waals surface area contributed by atoms with Crippen molar-refractivity contribution in [2.24, 2.45) is 11.8 Å². The summed E-state index contributed by atoms with van der Waals surface area (Å²) in [5, 5.41) is 7.03. The van der Waals surface area contributed by atoms with Crippen LogP contribution in [0.5, 0.6) is 0 Å². The number of benzene rings is 1. The van der Waals surface area contributed by atoms with E-state index in [1.54, 1.807) is 16.9 Å². The van der Waals surface area contributed by atoms with Gasteiger partial charge < -0.3 is 5.32 Å². The fourth-order valence-electron chi connectivity index (χ4n) is 3.42. The molecule has 0 aliphatic carbocycles. The van der Waals surface area contributed by atoms with Crippen LogP contribution in [0.1, 0.15) is 77.0 Å². The van der Waals surface area contributed by atoms with Crippen LogP contribution >= 0.6 is 0 Å². The van der Waals surface area contributed by atoms with Gasteiger partial charge >= 0.3 is 0 Å². The number of carbonyl (C=O) groups excluding carboxylic acids is 1. The first-order valence-electron chi connectivity index (χ1n) is 11.5. The molecule has 0 spiro atoms. The summed E-state index contributed by atoms with van der Waals surface area (Å²) in [6.45, 7) is 18.8. The molecule has 0 saturated carbocycles. The minimum absolute atomic E-state index is 0.0908. The largest absolute Gasteiger partial charge is 0.325 e. The highest BCUT2D eigenvalue weighted by molar-refractivity contribution is 6.05. The predicted octanol–water partition coefficient (Wildman–Crippen LogP) is 6.04. The maximum absolute atomic E-state index is 11.6. The van der Waals surface area contributed by atoms with Gasteiger partial charge in [0.15, 0.2) is 5.65 Å². The number of aryl methyl sites for hydroxylation is 3. The first-order chi connectivity index (χ1) is 14.9. The highest BCUT2D eigenvalue weighted by Crippen LogP contribution is 2.37. The third kappa shape index (κ3) is 6.62. The van der Waals surface area contributed by atoms with E-state index in [-0.39, 0.29) is 11.3 Å². The number of nitrogens with zero attached hydrogens (tertiary/aromatic N) is 4. The van der Waals surface area contributed by atoms with Crippen molar-refractivity contribution in [3.8, 4) is 0 Å². The van der Waals surface area contributed by atoms with Crippen LogP contribution in [0.3, 0.4) is 0 Å². The number of hydrogen-bond donors (Lipinski definition) is 1. The highest BCUT2D eigenvalue weighted by atomic mass is 16.2. The third-order valence-corrected chi connectivity index (χ3v) is 5.52. The monoisotopic (exact) mass is 437 g/mol. The van der Waals surface area contributed by atoms with E-state index in [0.29, 0.717) is 0 Å². The van der Waals surface area contributed by atoms with Crippen molar-refractivity contribution in [2.45, 2.75) is 80.6 Å². The number of carbonyl (C=O) groups is 1. The maximum atomic E-state index is 11.6. The molecule has 0 fully saturated rings. The van der Waals surface area contributed by atoms with Gasteiger partial charge in [0.05, 0.1) is 11.1 Å². The average molecular weight is 438 g/mol. The molecule has 0 atom stereocenters. The molecule has 174 valence electrons. The fraction of sp³-hybridized carbons (Fsp3) is 0.538. The molecule has 1 aromatic carbocycles. The summed E-state index contributed by atoms with van der Waals surface area (Å²) < 4.78 is 1.73. The van der Waals surface area contributed by atoms with Crippen LogP contribution in [-0.4, -0.2) is 25.5 Å². The summed E-state index contributed by atoms with van der Waals surface area (Å²) in [5.41, 5.74) is 4.62. The molecule has 4 rings (SSSR count). The first kappa shape index (κ1) is 25.5. The molecule has 0 bridgehead atoms. The zero-order chi connectivity index (χ0) is 24.1. The Bertz CT molecular complexity index is 1040. The van der Waals surface area contributed by atoms with Crippen LogP contribution in [0.15, 0.2) is 30.6 Å². The SMILES string of the molecule is CC(C)CCC(C)C.Cc1ccc2c(c1)NC(=O)C2(C)C.Cc1nc2c(C)nccn2n1. The number of aromatic nitrogens is 4. The van der Waals surface area contributed by atoms with E-state index < -0.39 is 0 Å². The zero-order valence-corrected chi connectivity index (χ0v) is 21.2. The standard InChI is InChI=1S/C11H13NO.C8H18.C7H8N4/c1-7-4-5-8-9(6-7)12-10(13)11(8,2)3;1-7(2)5-6-8(3)4;1-5-7-9-6(2)10-11(7)4-3-8-5/h4-6H,1-3H3,(H,12,13);7-8H,5-6H2,1-4H3;3-4H,1-2H3. The number of rotatable bonds is 3. The molecule has 6 nitrogen and oxygen atoms in total. The molecule has 6 heteroatoms. The lowest BCUT2D eigenvalue weighted by Gasteiger charge is -2.14. The minimum Gasteiger partial charge on any atom is -0.325 e. The van der Waals surface area contributed by atoms with Crippen molar-refractivity contribution in [2.75, 3.05) is 5.32 Å². The Balaban J connectivity index is 0.000000176. The lowest BCUT2D eigenvalue weighted by atomic mass is 9.86. The minimum atomic E-state index is -0.372. The summed E-state index contributed by atoms with van der Waals surface area (Å²) in [6.07, 6.45) is 6.29. The van der Waals surface area contributed by atoms with Crippen molar-refractivity contribution in [1.82, 2.24) is 19.6 Å². The fourth-order valence-corrected chi connectivity index (χ4v) is 3.42. The summed E-state index contributed by atoms with van der Waals surface area (Å²) in [4.78, 5) is 19.9. The second kappa shape index (κ2) is 10.7. The molecule has 32 heavy (non-hydrogen) atoms. The zero-order valence-electron chi connectivity index (χ0n) is 21.2. The molecule has 2 aromatic heterocycles. The van der Waals surface area contributed by atoms with Crippen molar-refractivity contribution in [3.05, 3.63) is 53.2 Å². The molecule has 0 saturated heterocycles. The third-order valence-electron chi connectivity index (χ3n) is 5.52. The van der Waals surface area contributed by atoms with Gasteiger partial charge in [-0.3, -0.25) is 9.78 Å². The van der Waals surface area contributed by atoms with Crippen molar-refractivity contribution >= 4 is 17.2 Å². The number of nitrogens with one attached hydrogen (secondary N) is 1. The first-order valence-corrected chi connectivity index (χ1v) is 11.5. The normalized spacial score (nSPS) is 13.9. The smallest absolute Gasteiger partial charge is 0.234 e. The molecule has 1 aliphatic heterocycles. The molecule has 1 aliphatic rings. The van der Waals surface area contributed by atoms with E-state index in [1.807, 2.05) is 52.8 Å². The number of fused-ring (bicyclic) bond motifs is 2. The van der Waals surface area contributed by atoms with E-state index in [9.17, 15) is 4.79 Å². The van der Waals surface area contributed by atoms with Crippen LogP contribution in [0.25, 0.3) is 5.65 Å². The Hall–Kier alpha value is -2.76. The number of anilines is 1. The van der Waals surface area contributed by atoms with E-state index in [0.717, 1.165) is 40.3 Å². The van der Waals surface area contributed by atoms with Gasteiger partial charge in [-0.15, -0.1) is 0 Å². The molecule has 0 radical (unpaired) electrons. The maximum Gasteiger partial charge on any atom is 0.234 e. The highest BCUT2D eigenvalue weighted by Gasteiger charge is 2.37. The molecule has 1 N–H and O–H groups in total. The van der Waals surface area contributed by atoms with Gasteiger partial charge in [-0.2, -0.15) is 5.10 Å². The quantitative estimate of drug-likeness (QED) is 0.542. The van der Waals surface area contributed by atoms with Gasteiger partial charge in [0.25, 0.3) is 0 Å². The van der Waals surface area contributed by atoms with Crippen molar-refractivity contribution < 1.29 is 4.79 Å². The Labute approximate surface area is 192 Å². The van der Waals surface area contributed by atoms with E-state index in [4.69, 9.17) is 0 Å². The van der Waals surface area contributed by atoms with Gasteiger partial charge in [0, 0.05) is 18.1 Å². The van der Waals surface area contributed by atoms with Crippen LogP contribution in [0.2, 0.25) is 0 Å². The van der Waals surface area contributed by atoms with Gasteiger partial charge in [-0.1, -0.05) is 52.7 Å². The number of amides is 1. The van der Waals surface area contributed by atoms with Gasteiger partial charge in [-0.05, 0) is 63.6 Å². The van der Waals surface area contributed by atoms with Gasteiger partial charge in [-0.25, -0.2) is 9.50 Å². The molecule has 1 amide bonds. The summed E-state index contributed by atoms with van der Waals surface area (Å²) in [5.74, 6) is 2.64. The van der Waals surface area contributed by atoms with Crippen molar-refractivity contribution in [3.63, 3.8) is 0 Å². The lowest BCUT2D eigenvalue weighted by Crippen LogP contribution is -2.26.